The number of fused-ring (bicyclic) bond motifs is 7. The number of para-hydroxylation sites is 5. The molecule has 242 valence electrons. The predicted molar refractivity (Wildman–Crippen MR) is 216 cm³/mol. The summed E-state index contributed by atoms with van der Waals surface area (Å²) in [6, 6.07) is 58.3. The molecular formula is C46H35BN4. The Balaban J connectivity index is 1.22. The minimum absolute atomic E-state index is 0.0792. The van der Waals surface area contributed by atoms with E-state index in [0.717, 1.165) is 11.4 Å². The van der Waals surface area contributed by atoms with Gasteiger partial charge in [-0.25, -0.2) is 0 Å². The third-order valence-corrected chi connectivity index (χ3v) is 11.4. The fourth-order valence-electron chi connectivity index (χ4n) is 9.52. The van der Waals surface area contributed by atoms with Crippen LogP contribution in [-0.2, 0) is 0 Å². The number of nitrogens with zero attached hydrogens (tertiary/aromatic N) is 4. The SMILES string of the molecule is Cc1cc2c3c(c1)N1c4c(cccc4N(c4ccccc4)C1(C)C)B3c1ccc(-n3c4ccccc4c4ccccc43)cc1N2c1ccccc1. The molecule has 0 amide bonds. The monoisotopic (exact) mass is 654 g/mol. The van der Waals surface area contributed by atoms with Crippen LogP contribution >= 0.6 is 0 Å². The average molecular weight is 655 g/mol. The van der Waals surface area contributed by atoms with Crippen molar-refractivity contribution in [1.82, 2.24) is 4.57 Å². The van der Waals surface area contributed by atoms with E-state index in [2.05, 4.69) is 198 Å². The zero-order chi connectivity index (χ0) is 34.0. The van der Waals surface area contributed by atoms with Crippen molar-refractivity contribution in [3.05, 3.63) is 163 Å². The van der Waals surface area contributed by atoms with Gasteiger partial charge in [0.15, 0.2) is 0 Å². The molecule has 0 aliphatic carbocycles. The van der Waals surface area contributed by atoms with Crippen molar-refractivity contribution in [2.45, 2.75) is 26.4 Å². The zero-order valence-electron chi connectivity index (χ0n) is 28.9. The number of aryl methyl sites for hydroxylation is 1. The first-order chi connectivity index (χ1) is 25.0. The molecule has 11 rings (SSSR count). The van der Waals surface area contributed by atoms with Gasteiger partial charge in [-0.3, -0.25) is 0 Å². The van der Waals surface area contributed by atoms with Crippen LogP contribution in [0.25, 0.3) is 27.5 Å². The minimum Gasteiger partial charge on any atom is -0.317 e. The first-order valence-electron chi connectivity index (χ1n) is 17.9. The molecule has 7 aromatic carbocycles. The van der Waals surface area contributed by atoms with E-state index in [4.69, 9.17) is 0 Å². The van der Waals surface area contributed by atoms with Crippen LogP contribution in [0.2, 0.25) is 0 Å². The number of hydrogen-bond acceptors (Lipinski definition) is 3. The summed E-state index contributed by atoms with van der Waals surface area (Å²) < 4.78 is 2.44. The van der Waals surface area contributed by atoms with E-state index in [1.165, 1.54) is 77.9 Å². The second-order valence-corrected chi connectivity index (χ2v) is 14.6. The Hall–Kier alpha value is -6.20. The van der Waals surface area contributed by atoms with Gasteiger partial charge in [0.05, 0.1) is 22.4 Å². The molecule has 0 atom stereocenters. The van der Waals surface area contributed by atoms with Crippen LogP contribution in [-0.4, -0.2) is 16.9 Å². The van der Waals surface area contributed by atoms with E-state index >= 15 is 0 Å². The smallest absolute Gasteiger partial charge is 0.252 e. The van der Waals surface area contributed by atoms with Gasteiger partial charge in [-0.2, -0.15) is 0 Å². The summed E-state index contributed by atoms with van der Waals surface area (Å²) in [5.74, 6) is 0. The number of hydrogen-bond donors (Lipinski definition) is 0. The Morgan fingerprint density at radius 2 is 1.10 bits per heavy atom. The lowest BCUT2D eigenvalue weighted by atomic mass is 9.33. The highest BCUT2D eigenvalue weighted by atomic mass is 15.5. The molecule has 1 aromatic heterocycles. The maximum absolute atomic E-state index is 2.62. The zero-order valence-corrected chi connectivity index (χ0v) is 28.9. The van der Waals surface area contributed by atoms with Gasteiger partial charge < -0.3 is 19.3 Å². The molecule has 3 aliphatic rings. The molecule has 0 saturated heterocycles. The van der Waals surface area contributed by atoms with Gasteiger partial charge in [-0.1, -0.05) is 91.0 Å². The maximum Gasteiger partial charge on any atom is 0.252 e. The van der Waals surface area contributed by atoms with Gasteiger partial charge in [0.2, 0.25) is 0 Å². The lowest BCUT2D eigenvalue weighted by Crippen LogP contribution is -2.63. The van der Waals surface area contributed by atoms with E-state index in [9.17, 15) is 0 Å². The summed E-state index contributed by atoms with van der Waals surface area (Å²) in [5.41, 5.74) is 17.2. The normalized spacial score (nSPS) is 15.0. The van der Waals surface area contributed by atoms with Crippen molar-refractivity contribution in [2.24, 2.45) is 0 Å². The summed E-state index contributed by atoms with van der Waals surface area (Å²) in [6.45, 7) is 7.05. The average Bonchev–Trinajstić information content (AvgIpc) is 3.62. The molecule has 4 nitrogen and oxygen atoms in total. The predicted octanol–water partition coefficient (Wildman–Crippen LogP) is 9.73. The van der Waals surface area contributed by atoms with Crippen molar-refractivity contribution >= 4 is 84.7 Å². The highest BCUT2D eigenvalue weighted by Crippen LogP contribution is 2.54. The largest absolute Gasteiger partial charge is 0.317 e. The van der Waals surface area contributed by atoms with Crippen molar-refractivity contribution in [3.8, 4) is 5.69 Å². The number of aromatic nitrogens is 1. The van der Waals surface area contributed by atoms with Gasteiger partial charge in [-0.05, 0) is 109 Å². The molecule has 0 radical (unpaired) electrons. The van der Waals surface area contributed by atoms with E-state index in [1.807, 2.05) is 0 Å². The van der Waals surface area contributed by atoms with Crippen LogP contribution in [0.3, 0.4) is 0 Å². The molecule has 0 bridgehead atoms. The van der Waals surface area contributed by atoms with Gasteiger partial charge in [0, 0.05) is 44.9 Å². The molecule has 8 aromatic rings. The van der Waals surface area contributed by atoms with Crippen LogP contribution < -0.4 is 31.1 Å². The van der Waals surface area contributed by atoms with Gasteiger partial charge in [-0.15, -0.1) is 0 Å². The molecular weight excluding hydrogens is 619 g/mol. The van der Waals surface area contributed by atoms with Crippen molar-refractivity contribution < 1.29 is 0 Å². The lowest BCUT2D eigenvalue weighted by Gasteiger charge is -2.47. The number of benzene rings is 7. The fourth-order valence-corrected chi connectivity index (χ4v) is 9.52. The van der Waals surface area contributed by atoms with E-state index < -0.39 is 0 Å². The van der Waals surface area contributed by atoms with Crippen LogP contribution in [0.4, 0.5) is 39.8 Å². The van der Waals surface area contributed by atoms with Crippen molar-refractivity contribution in [2.75, 3.05) is 14.7 Å². The molecule has 51 heavy (non-hydrogen) atoms. The molecule has 4 heterocycles. The van der Waals surface area contributed by atoms with E-state index in [-0.39, 0.29) is 12.4 Å². The molecule has 0 unspecified atom stereocenters. The summed E-state index contributed by atoms with van der Waals surface area (Å²) in [6.07, 6.45) is 0. The Labute approximate surface area is 298 Å². The quantitative estimate of drug-likeness (QED) is 0.176. The Bertz CT molecular complexity index is 2660. The first-order valence-corrected chi connectivity index (χ1v) is 17.9. The van der Waals surface area contributed by atoms with Crippen LogP contribution in [0, 0.1) is 6.92 Å². The molecule has 3 aliphatic heterocycles. The molecule has 5 heteroatoms. The standard InChI is InChI=1S/C46H35BN4/c1-30-27-42-44-43(28-30)51-45-37(21-14-24-40(45)50(46(51,2)3)32-17-8-5-9-18-32)47(44)36-26-25-33(29-41(36)48(42)31-15-6-4-7-16-31)49-38-22-12-10-19-34(38)35-20-11-13-23-39(35)49/h4-29H,1-3H3. The fraction of sp³-hybridized carbons (Fsp3) is 0.0870. The summed E-state index contributed by atoms with van der Waals surface area (Å²) in [5, 5.41) is 2.54. The third-order valence-electron chi connectivity index (χ3n) is 11.4. The van der Waals surface area contributed by atoms with Crippen LogP contribution in [0.15, 0.2) is 158 Å². The highest BCUT2D eigenvalue weighted by molar-refractivity contribution is 7.00. The van der Waals surface area contributed by atoms with Crippen LogP contribution in [0.5, 0.6) is 0 Å². The maximum atomic E-state index is 2.62. The van der Waals surface area contributed by atoms with Gasteiger partial charge >= 0.3 is 0 Å². The molecule has 0 saturated carbocycles. The van der Waals surface area contributed by atoms with E-state index in [0.29, 0.717) is 0 Å². The van der Waals surface area contributed by atoms with E-state index in [1.54, 1.807) is 0 Å². The number of anilines is 7. The molecule has 0 fully saturated rings. The molecule has 0 N–H and O–H groups in total. The number of rotatable bonds is 3. The molecule has 0 spiro atoms. The highest BCUT2D eigenvalue weighted by Gasteiger charge is 2.52. The second-order valence-electron chi connectivity index (χ2n) is 14.6. The van der Waals surface area contributed by atoms with Gasteiger partial charge in [0.1, 0.15) is 5.66 Å². The van der Waals surface area contributed by atoms with Crippen LogP contribution in [0.1, 0.15) is 19.4 Å². The summed E-state index contributed by atoms with van der Waals surface area (Å²) >= 11 is 0. The van der Waals surface area contributed by atoms with Gasteiger partial charge in [0.25, 0.3) is 6.71 Å². The first kappa shape index (κ1) is 28.6. The Kier molecular flexibility index (Phi) is 5.71. The van der Waals surface area contributed by atoms with Crippen molar-refractivity contribution in [3.63, 3.8) is 0 Å². The second kappa shape index (κ2) is 10.2. The third kappa shape index (κ3) is 3.75. The summed E-state index contributed by atoms with van der Waals surface area (Å²) in [4.78, 5) is 7.66. The Morgan fingerprint density at radius 3 is 1.80 bits per heavy atom. The van der Waals surface area contributed by atoms with Crippen molar-refractivity contribution in [1.29, 1.82) is 0 Å². The Morgan fingerprint density at radius 1 is 0.471 bits per heavy atom. The minimum atomic E-state index is -0.343. The summed E-state index contributed by atoms with van der Waals surface area (Å²) in [7, 11) is 0. The lowest BCUT2D eigenvalue weighted by molar-refractivity contribution is 0.541. The topological polar surface area (TPSA) is 14.7 Å².